The van der Waals surface area contributed by atoms with Gasteiger partial charge in [0.25, 0.3) is 0 Å². The van der Waals surface area contributed by atoms with Gasteiger partial charge in [-0.2, -0.15) is 4.98 Å². The van der Waals surface area contributed by atoms with Crippen molar-refractivity contribution in [2.75, 3.05) is 41.7 Å². The lowest BCUT2D eigenvalue weighted by Crippen LogP contribution is -2.47. The van der Waals surface area contributed by atoms with Crippen LogP contribution in [0.5, 0.6) is 0 Å². The van der Waals surface area contributed by atoms with E-state index in [4.69, 9.17) is 5.73 Å². The molecule has 2 aromatic heterocycles. The Hall–Kier alpha value is -2.44. The molecule has 7 heteroatoms. The molecule has 3 heterocycles. The Bertz CT molecular complexity index is 583. The third-order valence-electron chi connectivity index (χ3n) is 3.30. The Morgan fingerprint density at radius 3 is 2.50 bits per heavy atom. The molecule has 0 radical (unpaired) electrons. The van der Waals surface area contributed by atoms with Gasteiger partial charge in [0.15, 0.2) is 11.6 Å². The quantitative estimate of drug-likeness (QED) is 0.878. The van der Waals surface area contributed by atoms with Crippen LogP contribution in [0.25, 0.3) is 0 Å². The number of anilines is 3. The third-order valence-corrected chi connectivity index (χ3v) is 3.30. The molecule has 6 nitrogen and oxygen atoms in total. The highest BCUT2D eigenvalue weighted by molar-refractivity contribution is 5.46. The maximum absolute atomic E-state index is 13.7. The lowest BCUT2D eigenvalue weighted by atomic mass is 10.3. The van der Waals surface area contributed by atoms with Crippen molar-refractivity contribution >= 4 is 17.6 Å². The first-order valence-corrected chi connectivity index (χ1v) is 6.43. The van der Waals surface area contributed by atoms with Crippen LogP contribution in [-0.4, -0.2) is 41.1 Å². The van der Waals surface area contributed by atoms with Crippen LogP contribution in [0.1, 0.15) is 0 Å². The average molecular weight is 274 g/mol. The summed E-state index contributed by atoms with van der Waals surface area (Å²) in [6.45, 7) is 2.87. The first-order valence-electron chi connectivity index (χ1n) is 6.43. The summed E-state index contributed by atoms with van der Waals surface area (Å²) in [5.74, 6) is 0.868. The molecule has 0 spiro atoms. The summed E-state index contributed by atoms with van der Waals surface area (Å²) < 4.78 is 13.7. The van der Waals surface area contributed by atoms with Gasteiger partial charge in [0.2, 0.25) is 5.95 Å². The summed E-state index contributed by atoms with van der Waals surface area (Å²) in [6, 6.07) is 5.82. The predicted octanol–water partition coefficient (Wildman–Crippen LogP) is 0.919. The Balaban J connectivity index is 1.71. The number of hydrogen-bond acceptors (Lipinski definition) is 6. The van der Waals surface area contributed by atoms with Gasteiger partial charge in [-0.1, -0.05) is 6.07 Å². The minimum Gasteiger partial charge on any atom is -0.368 e. The molecule has 3 rings (SSSR count). The highest BCUT2D eigenvalue weighted by Gasteiger charge is 2.21. The lowest BCUT2D eigenvalue weighted by molar-refractivity contribution is 0.582. The minimum absolute atomic E-state index is 0.0913. The van der Waals surface area contributed by atoms with Crippen LogP contribution in [0, 0.1) is 5.82 Å². The predicted molar refractivity (Wildman–Crippen MR) is 75.1 cm³/mol. The largest absolute Gasteiger partial charge is 0.368 e. The number of hydrogen-bond donors (Lipinski definition) is 1. The van der Waals surface area contributed by atoms with Crippen molar-refractivity contribution < 1.29 is 4.39 Å². The van der Waals surface area contributed by atoms with Crippen molar-refractivity contribution in [2.45, 2.75) is 0 Å². The van der Waals surface area contributed by atoms with E-state index in [2.05, 4.69) is 19.9 Å². The molecule has 20 heavy (non-hydrogen) atoms. The van der Waals surface area contributed by atoms with Gasteiger partial charge in [0, 0.05) is 32.4 Å². The van der Waals surface area contributed by atoms with Crippen molar-refractivity contribution in [3.8, 4) is 0 Å². The highest BCUT2D eigenvalue weighted by atomic mass is 19.1. The number of rotatable bonds is 2. The van der Waals surface area contributed by atoms with Gasteiger partial charge >= 0.3 is 0 Å². The van der Waals surface area contributed by atoms with E-state index in [1.54, 1.807) is 6.20 Å². The average Bonchev–Trinajstić information content (AvgIpc) is 2.51. The summed E-state index contributed by atoms with van der Waals surface area (Å²) in [5, 5.41) is 0. The first kappa shape index (κ1) is 12.6. The van der Waals surface area contributed by atoms with E-state index >= 15 is 0 Å². The molecule has 0 saturated carbocycles. The van der Waals surface area contributed by atoms with Crippen molar-refractivity contribution in [1.29, 1.82) is 0 Å². The maximum Gasteiger partial charge on any atom is 0.222 e. The smallest absolute Gasteiger partial charge is 0.222 e. The zero-order valence-corrected chi connectivity index (χ0v) is 10.9. The van der Waals surface area contributed by atoms with Gasteiger partial charge in [-0.15, -0.1) is 0 Å². The Morgan fingerprint density at radius 2 is 1.80 bits per heavy atom. The van der Waals surface area contributed by atoms with E-state index in [0.29, 0.717) is 13.1 Å². The summed E-state index contributed by atoms with van der Waals surface area (Å²) in [6.07, 6.45) is 2.88. The molecule has 1 aliphatic rings. The van der Waals surface area contributed by atoms with Crippen molar-refractivity contribution in [3.63, 3.8) is 0 Å². The molecule has 0 amide bonds. The number of pyridine rings is 1. The maximum atomic E-state index is 13.7. The molecule has 1 fully saturated rings. The van der Waals surface area contributed by atoms with E-state index in [1.807, 2.05) is 23.1 Å². The number of nitrogen functional groups attached to an aromatic ring is 1. The second-order valence-electron chi connectivity index (χ2n) is 4.56. The van der Waals surface area contributed by atoms with E-state index in [-0.39, 0.29) is 11.8 Å². The van der Waals surface area contributed by atoms with Crippen LogP contribution in [0.15, 0.2) is 30.6 Å². The fraction of sp³-hybridized carbons (Fsp3) is 0.308. The van der Waals surface area contributed by atoms with Gasteiger partial charge in [-0.3, -0.25) is 0 Å². The van der Waals surface area contributed by atoms with Gasteiger partial charge in [0.05, 0.1) is 6.20 Å². The van der Waals surface area contributed by atoms with Crippen molar-refractivity contribution in [3.05, 3.63) is 36.4 Å². The van der Waals surface area contributed by atoms with Gasteiger partial charge in [0.1, 0.15) is 5.82 Å². The van der Waals surface area contributed by atoms with Crippen LogP contribution < -0.4 is 15.5 Å². The summed E-state index contributed by atoms with van der Waals surface area (Å²) in [7, 11) is 0. The van der Waals surface area contributed by atoms with Crippen molar-refractivity contribution in [2.24, 2.45) is 0 Å². The fourth-order valence-electron chi connectivity index (χ4n) is 2.28. The zero-order chi connectivity index (χ0) is 13.9. The van der Waals surface area contributed by atoms with E-state index < -0.39 is 5.82 Å². The SMILES string of the molecule is Nc1ncc(F)c(N2CCN(c3ccccn3)CC2)n1. The van der Waals surface area contributed by atoms with Gasteiger partial charge in [-0.25, -0.2) is 14.4 Å². The zero-order valence-electron chi connectivity index (χ0n) is 10.9. The van der Waals surface area contributed by atoms with Crippen LogP contribution >= 0.6 is 0 Å². The first-order chi connectivity index (χ1) is 9.74. The number of halogens is 1. The highest BCUT2D eigenvalue weighted by Crippen LogP contribution is 2.20. The van der Waals surface area contributed by atoms with Crippen LogP contribution in [-0.2, 0) is 0 Å². The molecule has 0 aliphatic carbocycles. The number of piperazine rings is 1. The molecular weight excluding hydrogens is 259 g/mol. The Labute approximate surface area is 116 Å². The molecule has 0 bridgehead atoms. The lowest BCUT2D eigenvalue weighted by Gasteiger charge is -2.36. The van der Waals surface area contributed by atoms with E-state index in [9.17, 15) is 4.39 Å². The number of aromatic nitrogens is 3. The second-order valence-corrected chi connectivity index (χ2v) is 4.56. The number of nitrogens with two attached hydrogens (primary N) is 1. The normalized spacial score (nSPS) is 15.4. The summed E-state index contributed by atoms with van der Waals surface area (Å²) in [4.78, 5) is 16.0. The molecule has 2 N–H and O–H groups in total. The van der Waals surface area contributed by atoms with Gasteiger partial charge in [-0.05, 0) is 12.1 Å². The third kappa shape index (κ3) is 2.47. The topological polar surface area (TPSA) is 71.2 Å². The Kier molecular flexibility index (Phi) is 3.32. The molecular formula is C13H15FN6. The molecule has 0 unspecified atom stereocenters. The standard InChI is InChI=1S/C13H15FN6/c14-10-9-17-13(15)18-12(10)20-7-5-19(6-8-20)11-3-1-2-4-16-11/h1-4,9H,5-8H2,(H2,15,17,18). The van der Waals surface area contributed by atoms with Crippen LogP contribution in [0.4, 0.5) is 22.0 Å². The van der Waals surface area contributed by atoms with E-state index in [0.717, 1.165) is 25.1 Å². The summed E-state index contributed by atoms with van der Waals surface area (Å²) >= 11 is 0. The Morgan fingerprint density at radius 1 is 1.05 bits per heavy atom. The van der Waals surface area contributed by atoms with Crippen LogP contribution in [0.2, 0.25) is 0 Å². The fourth-order valence-corrected chi connectivity index (χ4v) is 2.28. The van der Waals surface area contributed by atoms with Crippen molar-refractivity contribution in [1.82, 2.24) is 15.0 Å². The summed E-state index contributed by atoms with van der Waals surface area (Å²) in [5.41, 5.74) is 5.52. The monoisotopic (exact) mass is 274 g/mol. The molecule has 0 atom stereocenters. The molecule has 1 aliphatic heterocycles. The molecule has 2 aromatic rings. The van der Waals surface area contributed by atoms with Gasteiger partial charge < -0.3 is 15.5 Å². The second kappa shape index (κ2) is 5.28. The minimum atomic E-state index is -0.439. The molecule has 104 valence electrons. The van der Waals surface area contributed by atoms with Crippen LogP contribution in [0.3, 0.4) is 0 Å². The molecule has 0 aromatic carbocycles. The number of nitrogens with zero attached hydrogens (tertiary/aromatic N) is 5. The molecule has 1 saturated heterocycles. The van der Waals surface area contributed by atoms with E-state index in [1.165, 1.54) is 0 Å².